The highest BCUT2D eigenvalue weighted by Crippen LogP contribution is 2.41. The summed E-state index contributed by atoms with van der Waals surface area (Å²) in [7, 11) is 0. The molecule has 0 aliphatic heterocycles. The monoisotopic (exact) mass is 314 g/mol. The van der Waals surface area contributed by atoms with Crippen LogP contribution >= 0.6 is 27.3 Å². The van der Waals surface area contributed by atoms with Gasteiger partial charge in [0.05, 0.1) is 3.79 Å². The first-order valence-electron chi connectivity index (χ1n) is 5.75. The molecule has 0 amide bonds. The van der Waals surface area contributed by atoms with E-state index in [0.717, 1.165) is 0 Å². The fourth-order valence-corrected chi connectivity index (χ4v) is 3.62. The van der Waals surface area contributed by atoms with Crippen molar-refractivity contribution in [3.8, 4) is 21.6 Å². The van der Waals surface area contributed by atoms with Gasteiger partial charge in [-0.05, 0) is 33.1 Å². The lowest BCUT2D eigenvalue weighted by Gasteiger charge is -2.03. The van der Waals surface area contributed by atoms with E-state index < -0.39 is 0 Å². The Bertz CT molecular complexity index is 584. The second-order valence-electron chi connectivity index (χ2n) is 4.03. The van der Waals surface area contributed by atoms with Crippen molar-refractivity contribution in [1.29, 1.82) is 0 Å². The predicted octanol–water partition coefficient (Wildman–Crippen LogP) is 5.84. The molecule has 0 N–H and O–H groups in total. The van der Waals surface area contributed by atoms with Crippen molar-refractivity contribution in [2.75, 3.05) is 0 Å². The molecular weight excluding hydrogens is 304 g/mol. The summed E-state index contributed by atoms with van der Waals surface area (Å²) in [6.45, 7) is 0. The molecule has 0 atom stereocenters. The van der Waals surface area contributed by atoms with E-state index >= 15 is 0 Å². The minimum atomic E-state index is 1.17. The zero-order chi connectivity index (χ0) is 12.4. The molecule has 2 aromatic carbocycles. The number of halogens is 1. The lowest BCUT2D eigenvalue weighted by Crippen LogP contribution is -1.77. The maximum atomic E-state index is 3.60. The van der Waals surface area contributed by atoms with E-state index in [1.54, 1.807) is 11.3 Å². The van der Waals surface area contributed by atoms with Crippen LogP contribution in [0.1, 0.15) is 0 Å². The summed E-state index contributed by atoms with van der Waals surface area (Å²) < 4.78 is 1.17. The van der Waals surface area contributed by atoms with Crippen LogP contribution in [0.15, 0.2) is 70.5 Å². The number of benzene rings is 2. The summed E-state index contributed by atoms with van der Waals surface area (Å²) in [5.74, 6) is 0. The fourth-order valence-electron chi connectivity index (χ4n) is 2.00. The Kier molecular flexibility index (Phi) is 3.31. The quantitative estimate of drug-likeness (QED) is 0.557. The van der Waals surface area contributed by atoms with Crippen molar-refractivity contribution in [3.05, 3.63) is 70.5 Å². The average Bonchev–Trinajstić information content (AvgIpc) is 2.83. The molecule has 0 nitrogen and oxygen atoms in total. The molecular formula is C16H11BrS. The Morgan fingerprint density at radius 2 is 1.28 bits per heavy atom. The minimum absolute atomic E-state index is 1.17. The lowest BCUT2D eigenvalue weighted by atomic mass is 10.0. The lowest BCUT2D eigenvalue weighted by molar-refractivity contribution is 1.65. The predicted molar refractivity (Wildman–Crippen MR) is 82.9 cm³/mol. The number of thiophene rings is 1. The molecule has 0 spiro atoms. The minimum Gasteiger partial charge on any atom is -0.128 e. The first-order chi connectivity index (χ1) is 8.84. The normalized spacial score (nSPS) is 10.5. The van der Waals surface area contributed by atoms with E-state index in [1.807, 2.05) is 12.1 Å². The Hall–Kier alpha value is -1.38. The Balaban J connectivity index is 2.17. The van der Waals surface area contributed by atoms with E-state index in [9.17, 15) is 0 Å². The Labute approximate surface area is 119 Å². The standard InChI is InChI=1S/C16H11BrS/c17-15-11-14(12-7-3-1-4-8-12)16(18-15)13-9-5-2-6-10-13/h1-11H. The number of hydrogen-bond acceptors (Lipinski definition) is 1. The van der Waals surface area contributed by atoms with Gasteiger partial charge in [-0.25, -0.2) is 0 Å². The Morgan fingerprint density at radius 1 is 0.722 bits per heavy atom. The van der Waals surface area contributed by atoms with Crippen LogP contribution in [0.5, 0.6) is 0 Å². The van der Waals surface area contributed by atoms with Crippen LogP contribution < -0.4 is 0 Å². The molecule has 1 heterocycles. The molecule has 1 aromatic heterocycles. The summed E-state index contributed by atoms with van der Waals surface area (Å²) in [5, 5.41) is 0. The smallest absolute Gasteiger partial charge is 0.0711 e. The Morgan fingerprint density at radius 3 is 1.89 bits per heavy atom. The van der Waals surface area contributed by atoms with Crippen LogP contribution in [0.4, 0.5) is 0 Å². The van der Waals surface area contributed by atoms with Crippen LogP contribution in [0.2, 0.25) is 0 Å². The van der Waals surface area contributed by atoms with E-state index in [-0.39, 0.29) is 0 Å². The molecule has 3 aromatic rings. The molecule has 0 fully saturated rings. The molecule has 18 heavy (non-hydrogen) atoms. The summed E-state index contributed by atoms with van der Waals surface area (Å²) in [4.78, 5) is 1.31. The molecule has 88 valence electrons. The summed E-state index contributed by atoms with van der Waals surface area (Å²) in [6.07, 6.45) is 0. The molecule has 3 rings (SSSR count). The molecule has 0 saturated heterocycles. The van der Waals surface area contributed by atoms with E-state index in [1.165, 1.54) is 25.4 Å². The molecule has 0 radical (unpaired) electrons. The summed E-state index contributed by atoms with van der Waals surface area (Å²) >= 11 is 5.38. The second-order valence-corrected chi connectivity index (χ2v) is 6.46. The van der Waals surface area contributed by atoms with Crippen LogP contribution in [0.3, 0.4) is 0 Å². The third kappa shape index (κ3) is 2.26. The zero-order valence-corrected chi connectivity index (χ0v) is 12.0. The number of rotatable bonds is 2. The van der Waals surface area contributed by atoms with Gasteiger partial charge in [0.15, 0.2) is 0 Å². The van der Waals surface area contributed by atoms with Crippen LogP contribution in [0, 0.1) is 0 Å². The van der Waals surface area contributed by atoms with Crippen LogP contribution in [-0.2, 0) is 0 Å². The maximum Gasteiger partial charge on any atom is 0.0711 e. The average molecular weight is 315 g/mol. The second kappa shape index (κ2) is 5.09. The van der Waals surface area contributed by atoms with Crippen LogP contribution in [-0.4, -0.2) is 0 Å². The molecule has 0 saturated carbocycles. The van der Waals surface area contributed by atoms with Gasteiger partial charge in [-0.1, -0.05) is 60.7 Å². The van der Waals surface area contributed by atoms with Gasteiger partial charge in [-0.15, -0.1) is 11.3 Å². The van der Waals surface area contributed by atoms with Crippen LogP contribution in [0.25, 0.3) is 21.6 Å². The first-order valence-corrected chi connectivity index (χ1v) is 7.36. The van der Waals surface area contributed by atoms with Gasteiger partial charge in [0, 0.05) is 10.4 Å². The fraction of sp³-hybridized carbons (Fsp3) is 0. The van der Waals surface area contributed by atoms with Gasteiger partial charge >= 0.3 is 0 Å². The summed E-state index contributed by atoms with van der Waals surface area (Å²) in [5.41, 5.74) is 3.82. The van der Waals surface area contributed by atoms with Crippen molar-refractivity contribution in [2.45, 2.75) is 0 Å². The van der Waals surface area contributed by atoms with E-state index in [0.29, 0.717) is 0 Å². The molecule has 0 aliphatic carbocycles. The largest absolute Gasteiger partial charge is 0.128 e. The van der Waals surface area contributed by atoms with E-state index in [2.05, 4.69) is 70.5 Å². The van der Waals surface area contributed by atoms with Crippen molar-refractivity contribution < 1.29 is 0 Å². The van der Waals surface area contributed by atoms with Gasteiger partial charge in [-0.3, -0.25) is 0 Å². The topological polar surface area (TPSA) is 0 Å². The van der Waals surface area contributed by atoms with Crippen molar-refractivity contribution >= 4 is 27.3 Å². The van der Waals surface area contributed by atoms with E-state index in [4.69, 9.17) is 0 Å². The van der Waals surface area contributed by atoms with Gasteiger partial charge in [0.2, 0.25) is 0 Å². The highest BCUT2D eigenvalue weighted by atomic mass is 79.9. The molecule has 0 aliphatic rings. The van der Waals surface area contributed by atoms with Crippen molar-refractivity contribution in [1.82, 2.24) is 0 Å². The highest BCUT2D eigenvalue weighted by Gasteiger charge is 2.11. The van der Waals surface area contributed by atoms with Gasteiger partial charge in [0.25, 0.3) is 0 Å². The highest BCUT2D eigenvalue weighted by molar-refractivity contribution is 9.11. The SMILES string of the molecule is Brc1cc(-c2ccccc2)c(-c2ccccc2)s1. The van der Waals surface area contributed by atoms with Gasteiger partial charge < -0.3 is 0 Å². The molecule has 2 heteroatoms. The summed E-state index contributed by atoms with van der Waals surface area (Å²) in [6, 6.07) is 23.2. The molecule has 0 unspecified atom stereocenters. The van der Waals surface area contributed by atoms with Crippen molar-refractivity contribution in [3.63, 3.8) is 0 Å². The maximum absolute atomic E-state index is 3.60. The first kappa shape index (κ1) is 11.7. The third-order valence-electron chi connectivity index (χ3n) is 2.82. The molecule has 0 bridgehead atoms. The number of hydrogen-bond donors (Lipinski definition) is 0. The van der Waals surface area contributed by atoms with Gasteiger partial charge in [0.1, 0.15) is 0 Å². The zero-order valence-electron chi connectivity index (χ0n) is 9.64. The third-order valence-corrected chi connectivity index (χ3v) is 4.51. The van der Waals surface area contributed by atoms with Gasteiger partial charge in [-0.2, -0.15) is 0 Å². The van der Waals surface area contributed by atoms with Crippen molar-refractivity contribution in [2.24, 2.45) is 0 Å².